The molecule has 2 unspecified atom stereocenters. The molecule has 1 aromatic carbocycles. The highest BCUT2D eigenvalue weighted by Crippen LogP contribution is 2.39. The Morgan fingerprint density at radius 2 is 1.93 bits per heavy atom. The molecule has 0 aliphatic heterocycles. The number of hydrogen-bond donors (Lipinski definition) is 0. The van der Waals surface area contributed by atoms with Gasteiger partial charge in [-0.2, -0.15) is 4.39 Å². The van der Waals surface area contributed by atoms with Crippen LogP contribution in [0.2, 0.25) is 5.02 Å². The molecule has 2 atom stereocenters. The summed E-state index contributed by atoms with van der Waals surface area (Å²) in [4.78, 5) is 0.569. The summed E-state index contributed by atoms with van der Waals surface area (Å²) >= 11 is 6.81. The maximum Gasteiger partial charge on any atom is 0.177 e. The Bertz CT molecular complexity index is 872. The molecule has 1 aliphatic rings. The van der Waals surface area contributed by atoms with Gasteiger partial charge in [-0.25, -0.2) is 8.78 Å². The van der Waals surface area contributed by atoms with Gasteiger partial charge < -0.3 is 4.74 Å². The van der Waals surface area contributed by atoms with E-state index in [-0.39, 0.29) is 11.7 Å². The number of halogens is 4. The normalized spacial score (nSPS) is 22.5. The second-order valence-corrected chi connectivity index (χ2v) is 8.20. The molecule has 0 spiro atoms. The number of hydrogen-bond acceptors (Lipinski definition) is 2. The van der Waals surface area contributed by atoms with Gasteiger partial charge in [-0.1, -0.05) is 37.1 Å². The summed E-state index contributed by atoms with van der Waals surface area (Å²) in [5, 5.41) is 0.189. The fourth-order valence-electron chi connectivity index (χ4n) is 3.02. The van der Waals surface area contributed by atoms with E-state index in [1.807, 2.05) is 6.92 Å². The van der Waals surface area contributed by atoms with Gasteiger partial charge in [-0.3, -0.25) is 0 Å². The Labute approximate surface area is 166 Å². The zero-order valence-electron chi connectivity index (χ0n) is 15.1. The standard InChI is InChI=1S/C21H20ClF3OS/c1-3-4-13-9-18(23)21(2,19(24)10-13)26-12-17-16(11-20(25)27-17)14-5-7-15(22)8-6-14/h5-11,18H,3-4,12H2,1-2H3. The molecule has 144 valence electrons. The molecule has 3 rings (SSSR count). The summed E-state index contributed by atoms with van der Waals surface area (Å²) in [5.74, 6) is -0.647. The van der Waals surface area contributed by atoms with Crippen molar-refractivity contribution in [1.29, 1.82) is 0 Å². The Morgan fingerprint density at radius 1 is 1.22 bits per heavy atom. The average Bonchev–Trinajstić information content (AvgIpc) is 3.00. The minimum atomic E-state index is -1.71. The lowest BCUT2D eigenvalue weighted by Crippen LogP contribution is -2.41. The Morgan fingerprint density at radius 3 is 2.56 bits per heavy atom. The highest BCUT2D eigenvalue weighted by Gasteiger charge is 2.42. The molecule has 0 bridgehead atoms. The monoisotopic (exact) mass is 412 g/mol. The van der Waals surface area contributed by atoms with E-state index in [1.54, 1.807) is 24.3 Å². The van der Waals surface area contributed by atoms with E-state index in [4.69, 9.17) is 16.3 Å². The van der Waals surface area contributed by atoms with Crippen LogP contribution < -0.4 is 0 Å². The number of ether oxygens (including phenoxy) is 1. The third-order valence-corrected chi connectivity index (χ3v) is 5.80. The van der Waals surface area contributed by atoms with Gasteiger partial charge in [0.05, 0.1) is 6.61 Å². The molecule has 0 saturated carbocycles. The van der Waals surface area contributed by atoms with Crippen molar-refractivity contribution in [3.05, 3.63) is 68.9 Å². The lowest BCUT2D eigenvalue weighted by Gasteiger charge is -2.33. The molecule has 27 heavy (non-hydrogen) atoms. The van der Waals surface area contributed by atoms with Crippen LogP contribution in [0.4, 0.5) is 13.2 Å². The fourth-order valence-corrected chi connectivity index (χ4v) is 3.96. The van der Waals surface area contributed by atoms with Crippen LogP contribution in [-0.4, -0.2) is 11.8 Å². The lowest BCUT2D eigenvalue weighted by molar-refractivity contribution is -0.0670. The molecular weight excluding hydrogens is 393 g/mol. The van der Waals surface area contributed by atoms with Crippen molar-refractivity contribution in [3.63, 3.8) is 0 Å². The molecule has 6 heteroatoms. The number of rotatable bonds is 6. The highest BCUT2D eigenvalue weighted by molar-refractivity contribution is 7.10. The Kier molecular flexibility index (Phi) is 6.14. The summed E-state index contributed by atoms with van der Waals surface area (Å²) in [6, 6.07) is 8.36. The van der Waals surface area contributed by atoms with Crippen LogP contribution in [0.1, 0.15) is 31.6 Å². The zero-order valence-corrected chi connectivity index (χ0v) is 16.6. The SMILES string of the molecule is CCCC1=CC(F)C(C)(OCc2sc(F)cc2-c2ccc(Cl)cc2)C(F)=C1. The van der Waals surface area contributed by atoms with Crippen LogP contribution in [0.25, 0.3) is 11.1 Å². The van der Waals surface area contributed by atoms with Crippen LogP contribution in [-0.2, 0) is 11.3 Å². The van der Waals surface area contributed by atoms with Crippen LogP contribution in [0.3, 0.4) is 0 Å². The van der Waals surface area contributed by atoms with Crippen molar-refractivity contribution in [2.75, 3.05) is 0 Å². The van der Waals surface area contributed by atoms with Crippen LogP contribution >= 0.6 is 22.9 Å². The van der Waals surface area contributed by atoms with E-state index >= 15 is 0 Å². The Balaban J connectivity index is 1.81. The first-order valence-corrected chi connectivity index (χ1v) is 9.93. The summed E-state index contributed by atoms with van der Waals surface area (Å²) in [6.45, 7) is 3.24. The smallest absolute Gasteiger partial charge is 0.177 e. The van der Waals surface area contributed by atoms with Gasteiger partial charge in [0.1, 0.15) is 5.83 Å². The first-order valence-electron chi connectivity index (χ1n) is 8.74. The Hall–Kier alpha value is -1.56. The second kappa shape index (κ2) is 8.21. The predicted octanol–water partition coefficient (Wildman–Crippen LogP) is 7.41. The van der Waals surface area contributed by atoms with Gasteiger partial charge in [0, 0.05) is 15.5 Å². The van der Waals surface area contributed by atoms with Crippen molar-refractivity contribution < 1.29 is 17.9 Å². The minimum absolute atomic E-state index is 0.0956. The van der Waals surface area contributed by atoms with E-state index in [9.17, 15) is 13.2 Å². The number of alkyl halides is 1. The third-order valence-electron chi connectivity index (χ3n) is 4.65. The largest absolute Gasteiger partial charge is 0.359 e. The van der Waals surface area contributed by atoms with E-state index in [0.29, 0.717) is 27.5 Å². The lowest BCUT2D eigenvalue weighted by atomic mass is 9.89. The molecule has 0 radical (unpaired) electrons. The molecule has 0 N–H and O–H groups in total. The van der Waals surface area contributed by atoms with Crippen molar-refractivity contribution in [2.45, 2.75) is 45.1 Å². The molecule has 0 saturated heterocycles. The first-order chi connectivity index (χ1) is 12.8. The first kappa shape index (κ1) is 20.2. The minimum Gasteiger partial charge on any atom is -0.359 e. The second-order valence-electron chi connectivity index (χ2n) is 6.68. The van der Waals surface area contributed by atoms with Crippen molar-refractivity contribution in [2.24, 2.45) is 0 Å². The molecular formula is C21H20ClF3OS. The van der Waals surface area contributed by atoms with E-state index in [1.165, 1.54) is 25.1 Å². The fraction of sp³-hybridized carbons (Fsp3) is 0.333. The maximum absolute atomic E-state index is 14.7. The van der Waals surface area contributed by atoms with Crippen molar-refractivity contribution in [3.8, 4) is 11.1 Å². The highest BCUT2D eigenvalue weighted by atomic mass is 35.5. The van der Waals surface area contributed by atoms with Crippen LogP contribution in [0, 0.1) is 5.13 Å². The van der Waals surface area contributed by atoms with E-state index in [2.05, 4.69) is 0 Å². The van der Waals surface area contributed by atoms with Gasteiger partial charge in [0.15, 0.2) is 16.9 Å². The summed E-state index contributed by atoms with van der Waals surface area (Å²) in [5.41, 5.74) is 0.322. The van der Waals surface area contributed by atoms with Gasteiger partial charge in [0.2, 0.25) is 0 Å². The third kappa shape index (κ3) is 4.31. The van der Waals surface area contributed by atoms with Gasteiger partial charge in [-0.15, -0.1) is 11.3 Å². The number of allylic oxidation sites excluding steroid dienone is 2. The quantitative estimate of drug-likeness (QED) is 0.479. The molecule has 1 aromatic heterocycles. The molecule has 1 nitrogen and oxygen atoms in total. The molecule has 2 aromatic rings. The van der Waals surface area contributed by atoms with Crippen LogP contribution in [0.15, 0.2) is 53.9 Å². The van der Waals surface area contributed by atoms with Gasteiger partial charge >= 0.3 is 0 Å². The van der Waals surface area contributed by atoms with Crippen LogP contribution in [0.5, 0.6) is 0 Å². The summed E-state index contributed by atoms with van der Waals surface area (Å²) < 4.78 is 48.8. The summed E-state index contributed by atoms with van der Waals surface area (Å²) in [6.07, 6.45) is 2.56. The van der Waals surface area contributed by atoms with Gasteiger partial charge in [-0.05, 0) is 54.8 Å². The van der Waals surface area contributed by atoms with Gasteiger partial charge in [0.25, 0.3) is 0 Å². The van der Waals surface area contributed by atoms with Crippen molar-refractivity contribution >= 4 is 22.9 Å². The summed E-state index contributed by atoms with van der Waals surface area (Å²) in [7, 11) is 0. The number of benzene rings is 1. The molecule has 0 amide bonds. The molecule has 1 aliphatic carbocycles. The molecule has 0 fully saturated rings. The van der Waals surface area contributed by atoms with E-state index < -0.39 is 17.6 Å². The number of thiophene rings is 1. The van der Waals surface area contributed by atoms with E-state index in [0.717, 1.165) is 23.3 Å². The topological polar surface area (TPSA) is 9.23 Å². The zero-order chi connectivity index (χ0) is 19.6. The van der Waals surface area contributed by atoms with Crippen molar-refractivity contribution in [1.82, 2.24) is 0 Å². The maximum atomic E-state index is 14.7. The molecule has 1 heterocycles. The predicted molar refractivity (Wildman–Crippen MR) is 105 cm³/mol. The average molecular weight is 413 g/mol.